The topological polar surface area (TPSA) is 127 Å². The molecule has 0 radical (unpaired) electrons. The van der Waals surface area contributed by atoms with Gasteiger partial charge in [0.05, 0.1) is 18.4 Å². The number of nitrogens with zero attached hydrogens (tertiary/aromatic N) is 6. The molecule has 3 fully saturated rings. The van der Waals surface area contributed by atoms with E-state index in [1.54, 1.807) is 37.5 Å². The van der Waals surface area contributed by atoms with Crippen LogP contribution < -0.4 is 20.3 Å². The van der Waals surface area contributed by atoms with E-state index in [9.17, 15) is 9.59 Å². The smallest absolute Gasteiger partial charge is 0.415 e. The molecule has 0 bridgehead atoms. The first-order valence-corrected chi connectivity index (χ1v) is 13.1. The van der Waals surface area contributed by atoms with E-state index >= 15 is 0 Å². The van der Waals surface area contributed by atoms with Crippen molar-refractivity contribution < 1.29 is 19.1 Å². The Morgan fingerprint density at radius 2 is 2.05 bits per heavy atom. The molecule has 3 aliphatic rings. The summed E-state index contributed by atoms with van der Waals surface area (Å²) in [5, 5.41) is 7.28. The van der Waals surface area contributed by atoms with E-state index in [-0.39, 0.29) is 12.1 Å². The van der Waals surface area contributed by atoms with E-state index in [0.29, 0.717) is 42.1 Å². The maximum Gasteiger partial charge on any atom is 0.415 e. The molecule has 2 saturated heterocycles. The third-order valence-electron chi connectivity index (χ3n) is 7.49. The van der Waals surface area contributed by atoms with Crippen LogP contribution in [-0.2, 0) is 4.74 Å². The van der Waals surface area contributed by atoms with Crippen LogP contribution in [0.5, 0.6) is 5.88 Å². The molecule has 1 aliphatic carbocycles. The van der Waals surface area contributed by atoms with Gasteiger partial charge in [-0.05, 0) is 44.4 Å². The van der Waals surface area contributed by atoms with Gasteiger partial charge in [0.2, 0.25) is 11.8 Å². The van der Waals surface area contributed by atoms with Gasteiger partial charge in [-0.3, -0.25) is 9.47 Å². The number of amides is 2. The second kappa shape index (κ2) is 9.75. The Balaban J connectivity index is 1.22. The van der Waals surface area contributed by atoms with Crippen LogP contribution in [0.3, 0.4) is 0 Å². The minimum absolute atomic E-state index is 0.209. The van der Waals surface area contributed by atoms with E-state index in [1.807, 2.05) is 16.7 Å². The number of anilines is 3. The standard InChI is InChI=1S/C26H32N8O4/c1-32(2)24(35)37-21-12-17-13-29-23(31-22(17)34(21)18-6-3-4-7-18)30-20-9-8-19(14-28-20)33-16-26(38-25(33)36)10-5-11-27-15-26/h8-9,12-14,18,27H,3-7,10-11,15-16H2,1-2H3,(H,28,29,30,31)/t26-/m0/s1. The van der Waals surface area contributed by atoms with Crippen molar-refractivity contribution in [3.8, 4) is 5.88 Å². The minimum atomic E-state index is -0.469. The predicted octanol–water partition coefficient (Wildman–Crippen LogP) is 3.82. The molecule has 3 aromatic heterocycles. The molecule has 2 amide bonds. The maximum absolute atomic E-state index is 12.6. The van der Waals surface area contributed by atoms with Gasteiger partial charge >= 0.3 is 12.2 Å². The molecule has 38 heavy (non-hydrogen) atoms. The van der Waals surface area contributed by atoms with Crippen molar-refractivity contribution in [3.63, 3.8) is 0 Å². The van der Waals surface area contributed by atoms with Crippen molar-refractivity contribution >= 4 is 40.7 Å². The largest absolute Gasteiger partial charge is 0.439 e. The Hall–Kier alpha value is -3.93. The third-order valence-corrected chi connectivity index (χ3v) is 7.49. The molecule has 5 heterocycles. The number of fused-ring (bicyclic) bond motifs is 1. The molecular formula is C26H32N8O4. The van der Waals surface area contributed by atoms with Crippen molar-refractivity contribution in [1.82, 2.24) is 29.7 Å². The van der Waals surface area contributed by atoms with E-state index in [1.165, 1.54) is 4.90 Å². The van der Waals surface area contributed by atoms with Crippen molar-refractivity contribution in [2.24, 2.45) is 0 Å². The summed E-state index contributed by atoms with van der Waals surface area (Å²) in [6, 6.07) is 5.65. The van der Waals surface area contributed by atoms with Crippen LogP contribution in [0, 0.1) is 0 Å². The van der Waals surface area contributed by atoms with Crippen LogP contribution in [0.4, 0.5) is 27.0 Å². The lowest BCUT2D eigenvalue weighted by molar-refractivity contribution is 0.0366. The first-order valence-electron chi connectivity index (χ1n) is 13.1. The van der Waals surface area contributed by atoms with Crippen LogP contribution >= 0.6 is 0 Å². The van der Waals surface area contributed by atoms with Crippen molar-refractivity contribution in [1.29, 1.82) is 0 Å². The zero-order valence-electron chi connectivity index (χ0n) is 21.6. The number of ether oxygens (including phenoxy) is 2. The molecule has 1 saturated carbocycles. The summed E-state index contributed by atoms with van der Waals surface area (Å²) in [7, 11) is 3.31. The zero-order chi connectivity index (χ0) is 26.3. The number of carbonyl (C=O) groups excluding carboxylic acids is 2. The fourth-order valence-corrected chi connectivity index (χ4v) is 5.54. The molecule has 3 aromatic rings. The maximum atomic E-state index is 12.6. The number of rotatable bonds is 5. The summed E-state index contributed by atoms with van der Waals surface area (Å²) < 4.78 is 13.4. The average molecular weight is 521 g/mol. The summed E-state index contributed by atoms with van der Waals surface area (Å²) >= 11 is 0. The SMILES string of the molecule is CN(C)C(=O)Oc1cc2cnc(Nc3ccc(N4C[C@@]5(CCCNC5)OC4=O)cn3)nc2n1C1CCCC1. The second-order valence-electron chi connectivity index (χ2n) is 10.5. The number of hydrogen-bond donors (Lipinski definition) is 2. The van der Waals surface area contributed by atoms with Gasteiger partial charge in [0.15, 0.2) is 0 Å². The highest BCUT2D eigenvalue weighted by Crippen LogP contribution is 2.38. The van der Waals surface area contributed by atoms with Gasteiger partial charge in [0, 0.05) is 44.3 Å². The van der Waals surface area contributed by atoms with Gasteiger partial charge in [-0.15, -0.1) is 0 Å². The van der Waals surface area contributed by atoms with E-state index in [0.717, 1.165) is 50.5 Å². The van der Waals surface area contributed by atoms with Gasteiger partial charge in [-0.1, -0.05) is 12.8 Å². The summed E-state index contributed by atoms with van der Waals surface area (Å²) in [5.41, 5.74) is 0.921. The Kier molecular flexibility index (Phi) is 6.26. The summed E-state index contributed by atoms with van der Waals surface area (Å²) in [5.74, 6) is 1.41. The molecule has 2 aliphatic heterocycles. The van der Waals surface area contributed by atoms with Gasteiger partial charge in [0.1, 0.15) is 17.1 Å². The Bertz CT molecular complexity index is 1340. The van der Waals surface area contributed by atoms with Gasteiger partial charge in [-0.25, -0.2) is 19.6 Å². The van der Waals surface area contributed by atoms with Crippen molar-refractivity contribution in [3.05, 3.63) is 30.6 Å². The number of nitrogens with one attached hydrogen (secondary N) is 2. The lowest BCUT2D eigenvalue weighted by Gasteiger charge is -2.31. The number of carbonyl (C=O) groups is 2. The molecular weight excluding hydrogens is 488 g/mol. The second-order valence-corrected chi connectivity index (χ2v) is 10.5. The highest BCUT2D eigenvalue weighted by molar-refractivity contribution is 5.90. The molecule has 12 heteroatoms. The lowest BCUT2D eigenvalue weighted by atomic mass is 9.94. The molecule has 0 unspecified atom stereocenters. The Morgan fingerprint density at radius 1 is 1.21 bits per heavy atom. The van der Waals surface area contributed by atoms with Crippen LogP contribution in [0.25, 0.3) is 11.0 Å². The fourth-order valence-electron chi connectivity index (χ4n) is 5.54. The highest BCUT2D eigenvalue weighted by atomic mass is 16.6. The molecule has 0 aromatic carbocycles. The lowest BCUT2D eigenvalue weighted by Crippen LogP contribution is -2.48. The molecule has 1 spiro atoms. The molecule has 2 N–H and O–H groups in total. The normalized spacial score (nSPS) is 21.7. The highest BCUT2D eigenvalue weighted by Gasteiger charge is 2.46. The third kappa shape index (κ3) is 4.60. The van der Waals surface area contributed by atoms with Crippen molar-refractivity contribution in [2.75, 3.05) is 43.9 Å². The van der Waals surface area contributed by atoms with Gasteiger partial charge in [-0.2, -0.15) is 4.98 Å². The molecule has 1 atom stereocenters. The first kappa shape index (κ1) is 24.4. The van der Waals surface area contributed by atoms with E-state index in [4.69, 9.17) is 14.5 Å². The van der Waals surface area contributed by atoms with Crippen LogP contribution in [-0.4, -0.2) is 75.9 Å². The number of pyridine rings is 1. The number of piperidine rings is 1. The zero-order valence-corrected chi connectivity index (χ0v) is 21.6. The molecule has 200 valence electrons. The summed E-state index contributed by atoms with van der Waals surface area (Å²) in [4.78, 5) is 41.6. The van der Waals surface area contributed by atoms with Gasteiger partial charge in [0.25, 0.3) is 0 Å². The molecule has 12 nitrogen and oxygen atoms in total. The summed E-state index contributed by atoms with van der Waals surface area (Å²) in [6.07, 6.45) is 8.68. The monoisotopic (exact) mass is 520 g/mol. The summed E-state index contributed by atoms with van der Waals surface area (Å²) in [6.45, 7) is 2.12. The van der Waals surface area contributed by atoms with E-state index in [2.05, 4.69) is 20.6 Å². The Labute approximate surface area is 220 Å². The first-order chi connectivity index (χ1) is 18.4. The van der Waals surface area contributed by atoms with Crippen LogP contribution in [0.15, 0.2) is 30.6 Å². The number of hydrogen-bond acceptors (Lipinski definition) is 9. The van der Waals surface area contributed by atoms with Gasteiger partial charge < -0.3 is 25.0 Å². The average Bonchev–Trinajstić information content (AvgIpc) is 3.62. The molecule has 6 rings (SSSR count). The fraction of sp³-hybridized carbons (Fsp3) is 0.500. The van der Waals surface area contributed by atoms with Crippen LogP contribution in [0.1, 0.15) is 44.6 Å². The van der Waals surface area contributed by atoms with Crippen molar-refractivity contribution in [2.45, 2.75) is 50.2 Å². The van der Waals surface area contributed by atoms with E-state index < -0.39 is 11.7 Å². The quantitative estimate of drug-likeness (QED) is 0.516. The minimum Gasteiger partial charge on any atom is -0.439 e. The number of aromatic nitrogens is 4. The predicted molar refractivity (Wildman–Crippen MR) is 141 cm³/mol. The Morgan fingerprint density at radius 3 is 2.76 bits per heavy atom. The van der Waals surface area contributed by atoms with Crippen LogP contribution in [0.2, 0.25) is 0 Å².